The third kappa shape index (κ3) is 11.1. The molecule has 0 aromatic rings. The molecule has 78 valence electrons. The summed E-state index contributed by atoms with van der Waals surface area (Å²) in [4.78, 5) is 0. The first kappa shape index (κ1) is 16.6. The van der Waals surface area contributed by atoms with Crippen molar-refractivity contribution >= 4 is 42.1 Å². The maximum absolute atomic E-state index is 5.75. The highest BCUT2D eigenvalue weighted by molar-refractivity contribution is 6.60. The summed E-state index contributed by atoms with van der Waals surface area (Å²) in [6.45, 7) is 8.34. The Hall–Kier alpha value is 1.19. The molecule has 0 aromatic heterocycles. The molecule has 0 atom stereocenters. The van der Waals surface area contributed by atoms with Gasteiger partial charge in [0.25, 0.3) is 9.28 Å². The first-order valence-corrected chi connectivity index (χ1v) is 9.04. The maximum Gasteiger partial charge on any atom is 0.363 e. The highest BCUT2D eigenvalue weighted by Gasteiger charge is 2.15. The zero-order valence-corrected chi connectivity index (χ0v) is 12.8. The Bertz CT molecular complexity index is 104. The van der Waals surface area contributed by atoms with Crippen LogP contribution in [-0.2, 0) is 8.85 Å². The van der Waals surface area contributed by atoms with Crippen molar-refractivity contribution in [2.45, 2.75) is 49.1 Å². The van der Waals surface area contributed by atoms with Crippen LogP contribution in [0.5, 0.6) is 0 Å². The van der Waals surface area contributed by atoms with Crippen LogP contribution < -0.4 is 0 Å². The lowest BCUT2D eigenvalue weighted by Crippen LogP contribution is -2.30. The molecule has 0 rings (SSSR count). The molecule has 0 saturated heterocycles. The van der Waals surface area contributed by atoms with E-state index in [1.165, 1.54) is 4.17 Å². The van der Waals surface area contributed by atoms with E-state index >= 15 is 0 Å². The van der Waals surface area contributed by atoms with Gasteiger partial charge in [0, 0.05) is 12.2 Å². The van der Waals surface area contributed by atoms with E-state index in [9.17, 15) is 0 Å². The molecule has 0 aliphatic rings. The third-order valence-corrected chi connectivity index (χ3v) is 7.26. The van der Waals surface area contributed by atoms with Gasteiger partial charge in [0.05, 0.1) is 0 Å². The Labute approximate surface area is 99.7 Å². The van der Waals surface area contributed by atoms with E-state index in [4.69, 9.17) is 8.85 Å². The monoisotopic (exact) mass is 236 g/mol. The van der Waals surface area contributed by atoms with E-state index in [-0.39, 0.29) is 32.8 Å². The Balaban J connectivity index is 0. The lowest BCUT2D eigenvalue weighted by molar-refractivity contribution is 0.133. The van der Waals surface area contributed by atoms with E-state index in [1.807, 2.05) is 0 Å². The van der Waals surface area contributed by atoms with Gasteiger partial charge in [-0.2, -0.15) is 5.05 Å². The lowest BCUT2D eigenvalue weighted by atomic mass is 10.5. The zero-order chi connectivity index (χ0) is 9.56. The highest BCUT2D eigenvalue weighted by Crippen LogP contribution is 2.03. The molecule has 0 radical (unpaired) electrons. The fraction of sp³-hybridized carbons (Fsp3) is 1.00. The van der Waals surface area contributed by atoms with Crippen LogP contribution in [0.2, 0.25) is 9.23 Å². The zero-order valence-electron chi connectivity index (χ0n) is 9.37. The standard InChI is InChI=1S/C7H17O2Si.CH3.ClH.Mg/c1-6(2)8-10(5)9-7(3)4;;;/h6-7,10H,5H2,1-4H3;1H3;1H;. The van der Waals surface area contributed by atoms with Gasteiger partial charge in [-0.1, -0.05) is 0 Å². The largest absolute Gasteiger partial charge is 0.395 e. The van der Waals surface area contributed by atoms with Crippen LogP contribution in [0.25, 0.3) is 0 Å². The van der Waals surface area contributed by atoms with Crippen molar-refractivity contribution in [3.63, 3.8) is 0 Å². The average Bonchev–Trinajstić information content (AvgIpc) is 1.84. The van der Waals surface area contributed by atoms with Crippen molar-refractivity contribution < 1.29 is 8.85 Å². The van der Waals surface area contributed by atoms with Crippen LogP contribution in [0.15, 0.2) is 0 Å². The molecule has 0 N–H and O–H groups in total. The first-order chi connectivity index (χ1) is 5.56. The fourth-order valence-electron chi connectivity index (χ4n) is 1.01. The molecule has 13 heavy (non-hydrogen) atoms. The molecular formula is C8H21ClMgO2Si. The van der Waals surface area contributed by atoms with E-state index in [2.05, 4.69) is 32.7 Å². The smallest absolute Gasteiger partial charge is 0.363 e. The van der Waals surface area contributed by atoms with Crippen molar-refractivity contribution in [1.29, 1.82) is 0 Å². The molecule has 0 aromatic carbocycles. The second-order valence-corrected chi connectivity index (χ2v) is 8.30. The average molecular weight is 237 g/mol. The Morgan fingerprint density at radius 3 is 1.69 bits per heavy atom. The normalized spacial score (nSPS) is 10.5. The molecule has 2 nitrogen and oxygen atoms in total. The molecule has 0 spiro atoms. The molecule has 0 heterocycles. The van der Waals surface area contributed by atoms with Crippen LogP contribution in [0.4, 0.5) is 0 Å². The third-order valence-electron chi connectivity index (χ3n) is 1.37. The molecule has 0 unspecified atom stereocenters. The summed E-state index contributed by atoms with van der Waals surface area (Å²) in [5, 5.41) is 2.31. The summed E-state index contributed by atoms with van der Waals surface area (Å²) in [7, 11) is -1.29. The van der Waals surface area contributed by atoms with Gasteiger partial charge in [-0.25, -0.2) is 0 Å². The molecule has 0 aliphatic heterocycles. The highest BCUT2D eigenvalue weighted by atomic mass is 35.5. The minimum absolute atomic E-state index is 0. The predicted molar refractivity (Wildman–Crippen MR) is 63.3 cm³/mol. The van der Waals surface area contributed by atoms with Gasteiger partial charge in [0.15, 0.2) is 0 Å². The van der Waals surface area contributed by atoms with Crippen LogP contribution >= 0.6 is 12.4 Å². The molecular weight excluding hydrogens is 216 g/mol. The van der Waals surface area contributed by atoms with Gasteiger partial charge in [-0.05, 0) is 27.7 Å². The fourth-order valence-corrected chi connectivity index (χ4v) is 5.26. The van der Waals surface area contributed by atoms with E-state index < -0.39 is 9.28 Å². The van der Waals surface area contributed by atoms with E-state index in [1.54, 1.807) is 0 Å². The van der Waals surface area contributed by atoms with Crippen LogP contribution in [0, 0.1) is 0 Å². The summed E-state index contributed by atoms with van der Waals surface area (Å²) >= 11 is 0.0923. The number of hydrogen-bond donors (Lipinski definition) is 0. The van der Waals surface area contributed by atoms with Crippen molar-refractivity contribution in [3.8, 4) is 0 Å². The summed E-state index contributed by atoms with van der Waals surface area (Å²) < 4.78 is 12.8. The first-order valence-electron chi connectivity index (χ1n) is 4.87. The maximum atomic E-state index is 5.75. The Kier molecular flexibility index (Phi) is 12.4. The lowest BCUT2D eigenvalue weighted by Gasteiger charge is -2.21. The summed E-state index contributed by atoms with van der Waals surface area (Å²) in [5.41, 5.74) is 0. The molecule has 0 bridgehead atoms. The topological polar surface area (TPSA) is 18.5 Å². The number of hydrogen-bond acceptors (Lipinski definition) is 2. The minimum Gasteiger partial charge on any atom is -0.395 e. The van der Waals surface area contributed by atoms with E-state index in [0.717, 1.165) is 0 Å². The number of rotatable bonds is 6. The van der Waals surface area contributed by atoms with Crippen LogP contribution in [0.3, 0.4) is 0 Å². The molecule has 0 amide bonds. The van der Waals surface area contributed by atoms with Gasteiger partial charge in [0.2, 0.25) is 0 Å². The second kappa shape index (κ2) is 9.74. The van der Waals surface area contributed by atoms with Crippen molar-refractivity contribution in [2.24, 2.45) is 0 Å². The van der Waals surface area contributed by atoms with Crippen molar-refractivity contribution in [2.75, 3.05) is 0 Å². The molecule has 0 fully saturated rings. The summed E-state index contributed by atoms with van der Waals surface area (Å²) in [5.74, 6) is 0. The van der Waals surface area contributed by atoms with Crippen LogP contribution in [-0.4, -0.2) is 41.9 Å². The molecule has 0 aliphatic carbocycles. The van der Waals surface area contributed by atoms with Gasteiger partial charge < -0.3 is 8.85 Å². The molecule has 0 saturated carbocycles. The van der Waals surface area contributed by atoms with Crippen LogP contribution in [0.1, 0.15) is 27.7 Å². The number of halogens is 1. The van der Waals surface area contributed by atoms with Crippen molar-refractivity contribution in [3.05, 3.63) is 0 Å². The van der Waals surface area contributed by atoms with E-state index in [0.29, 0.717) is 12.2 Å². The predicted octanol–water partition coefficient (Wildman–Crippen LogP) is 2.19. The van der Waals surface area contributed by atoms with Gasteiger partial charge in [-0.15, -0.1) is 16.6 Å². The summed E-state index contributed by atoms with van der Waals surface area (Å²) in [6, 6.07) is 0. The Morgan fingerprint density at radius 2 is 1.46 bits per heavy atom. The van der Waals surface area contributed by atoms with Crippen molar-refractivity contribution in [1.82, 2.24) is 0 Å². The summed E-state index contributed by atoms with van der Waals surface area (Å²) in [6.07, 6.45) is 0.668. The Morgan fingerprint density at radius 1 is 1.08 bits per heavy atom. The quantitative estimate of drug-likeness (QED) is 0.659. The van der Waals surface area contributed by atoms with Gasteiger partial charge >= 0.3 is 20.4 Å². The second-order valence-electron chi connectivity index (χ2n) is 3.59. The minimum atomic E-state index is -1.29. The van der Waals surface area contributed by atoms with Gasteiger partial charge in [0.1, 0.15) is 0 Å². The molecule has 5 heteroatoms. The van der Waals surface area contributed by atoms with Gasteiger partial charge in [-0.3, -0.25) is 0 Å². The SMILES string of the molecule is Cl.[CH3][Mg][CH2][SiH](OC(C)C)OC(C)C.